The Kier molecular flexibility index (Phi) is 8.02. The molecule has 0 saturated heterocycles. The maximum Gasteiger partial charge on any atom is 0.221 e. The summed E-state index contributed by atoms with van der Waals surface area (Å²) < 4.78 is 7.70. The highest BCUT2D eigenvalue weighted by Crippen LogP contribution is 2.30. The van der Waals surface area contributed by atoms with Crippen LogP contribution in [0.3, 0.4) is 0 Å². The number of hydrogen-bond acceptors (Lipinski definition) is 2. The highest BCUT2D eigenvalue weighted by Gasteiger charge is 2.16. The van der Waals surface area contributed by atoms with Gasteiger partial charge in [-0.2, -0.15) is 0 Å². The second kappa shape index (κ2) is 10.2. The Morgan fingerprint density at radius 1 is 1.08 bits per heavy atom. The van der Waals surface area contributed by atoms with Gasteiger partial charge >= 0.3 is 0 Å². The van der Waals surface area contributed by atoms with Crippen molar-refractivity contribution in [2.75, 3.05) is 7.11 Å². The number of amides is 1. The molecule has 1 heterocycles. The molecule has 0 radical (unpaired) electrons. The Balaban J connectivity index is 2.04. The highest BCUT2D eigenvalue weighted by molar-refractivity contribution is 5.91. The van der Waals surface area contributed by atoms with E-state index < -0.39 is 0 Å². The monoisotopic (exact) mass is 358 g/mol. The van der Waals surface area contributed by atoms with Gasteiger partial charge in [-0.3, -0.25) is 4.79 Å². The summed E-state index contributed by atoms with van der Waals surface area (Å²) in [5.41, 5.74) is 8.82. The lowest BCUT2D eigenvalue weighted by Gasteiger charge is -2.09. The van der Waals surface area contributed by atoms with Crippen LogP contribution in [-0.4, -0.2) is 17.6 Å². The first-order valence-corrected chi connectivity index (χ1v) is 10.0. The summed E-state index contributed by atoms with van der Waals surface area (Å²) in [6.45, 7) is 5.34. The zero-order valence-electron chi connectivity index (χ0n) is 16.6. The van der Waals surface area contributed by atoms with Crippen LogP contribution in [0.25, 0.3) is 10.9 Å². The third-order valence-corrected chi connectivity index (χ3v) is 5.25. The Morgan fingerprint density at radius 3 is 2.35 bits per heavy atom. The Bertz CT molecular complexity index is 718. The first kappa shape index (κ1) is 20.3. The predicted octanol–water partition coefficient (Wildman–Crippen LogP) is 5.13. The van der Waals surface area contributed by atoms with E-state index in [0.717, 1.165) is 28.9 Å². The molecule has 0 aliphatic rings. The topological polar surface area (TPSA) is 57.2 Å². The van der Waals surface area contributed by atoms with Crippen LogP contribution in [0, 0.1) is 6.92 Å². The number of carbonyl (C=O) groups excluding carboxylic acids is 1. The number of unbranched alkanes of at least 4 members (excludes halogenated alkanes) is 7. The summed E-state index contributed by atoms with van der Waals surface area (Å²) in [6.07, 6.45) is 10.8. The number of nitrogens with two attached hydrogens (primary N) is 1. The second-order valence-corrected chi connectivity index (χ2v) is 7.22. The summed E-state index contributed by atoms with van der Waals surface area (Å²) in [6, 6.07) is 6.10. The molecule has 0 saturated carbocycles. The van der Waals surface area contributed by atoms with E-state index in [1.807, 2.05) is 12.1 Å². The van der Waals surface area contributed by atoms with Gasteiger partial charge in [-0.15, -0.1) is 0 Å². The van der Waals surface area contributed by atoms with E-state index in [1.54, 1.807) is 7.11 Å². The minimum atomic E-state index is -0.290. The number of primary amides is 1. The number of fused-ring (bicyclic) bond motifs is 1. The van der Waals surface area contributed by atoms with Crippen molar-refractivity contribution in [2.24, 2.45) is 5.73 Å². The largest absolute Gasteiger partial charge is 0.497 e. The normalized spacial score (nSPS) is 11.2. The fraction of sp³-hybridized carbons (Fsp3) is 0.591. The molecule has 0 aliphatic carbocycles. The molecule has 144 valence electrons. The van der Waals surface area contributed by atoms with Gasteiger partial charge in [-0.1, -0.05) is 51.9 Å². The summed E-state index contributed by atoms with van der Waals surface area (Å²) in [5, 5.41) is 1.08. The minimum Gasteiger partial charge on any atom is -0.497 e. The van der Waals surface area contributed by atoms with Crippen LogP contribution in [0.2, 0.25) is 0 Å². The molecule has 1 aromatic carbocycles. The van der Waals surface area contributed by atoms with Crippen molar-refractivity contribution in [1.29, 1.82) is 0 Å². The van der Waals surface area contributed by atoms with Crippen LogP contribution in [0.1, 0.15) is 69.5 Å². The fourth-order valence-electron chi connectivity index (χ4n) is 3.75. The van der Waals surface area contributed by atoms with Gasteiger partial charge in [-0.05, 0) is 37.1 Å². The Hall–Kier alpha value is -1.97. The zero-order valence-corrected chi connectivity index (χ0v) is 16.6. The number of carbonyl (C=O) groups is 1. The molecule has 2 rings (SSSR count). The van der Waals surface area contributed by atoms with Crippen molar-refractivity contribution in [2.45, 2.75) is 78.2 Å². The lowest BCUT2D eigenvalue weighted by Crippen LogP contribution is -2.14. The predicted molar refractivity (Wildman–Crippen MR) is 109 cm³/mol. The van der Waals surface area contributed by atoms with Crippen LogP contribution in [0.5, 0.6) is 5.75 Å². The maximum absolute atomic E-state index is 11.5. The van der Waals surface area contributed by atoms with Gasteiger partial charge in [0.15, 0.2) is 0 Å². The van der Waals surface area contributed by atoms with Crippen LogP contribution < -0.4 is 10.5 Å². The number of benzene rings is 1. The van der Waals surface area contributed by atoms with Gasteiger partial charge in [0.25, 0.3) is 0 Å². The van der Waals surface area contributed by atoms with E-state index in [4.69, 9.17) is 10.5 Å². The van der Waals surface area contributed by atoms with Crippen molar-refractivity contribution in [3.63, 3.8) is 0 Å². The van der Waals surface area contributed by atoms with Crippen molar-refractivity contribution in [3.05, 3.63) is 29.5 Å². The molecule has 1 amide bonds. The molecule has 0 aliphatic heterocycles. The Morgan fingerprint density at radius 2 is 1.73 bits per heavy atom. The lowest BCUT2D eigenvalue weighted by molar-refractivity contribution is -0.117. The highest BCUT2D eigenvalue weighted by atomic mass is 16.5. The SMILES string of the molecule is CCCCCCCCCCn1c(C)c(CC(N)=O)c2cc(OC)ccc21. The number of nitrogens with zero attached hydrogens (tertiary/aromatic N) is 1. The molecular formula is C22H34N2O2. The summed E-state index contributed by atoms with van der Waals surface area (Å²) in [4.78, 5) is 11.5. The van der Waals surface area contributed by atoms with E-state index in [1.165, 1.54) is 56.9 Å². The molecule has 0 bridgehead atoms. The van der Waals surface area contributed by atoms with E-state index in [-0.39, 0.29) is 12.3 Å². The molecule has 0 spiro atoms. The van der Waals surface area contributed by atoms with E-state index in [0.29, 0.717) is 0 Å². The molecule has 4 nitrogen and oxygen atoms in total. The average Bonchev–Trinajstić information content (AvgIpc) is 2.88. The van der Waals surface area contributed by atoms with Gasteiger partial charge in [0.2, 0.25) is 5.91 Å². The Labute approximate surface area is 157 Å². The second-order valence-electron chi connectivity index (χ2n) is 7.22. The van der Waals surface area contributed by atoms with Crippen molar-refractivity contribution < 1.29 is 9.53 Å². The van der Waals surface area contributed by atoms with Gasteiger partial charge in [0, 0.05) is 23.1 Å². The molecule has 0 unspecified atom stereocenters. The lowest BCUT2D eigenvalue weighted by atomic mass is 10.1. The summed E-state index contributed by atoms with van der Waals surface area (Å²) >= 11 is 0. The smallest absolute Gasteiger partial charge is 0.221 e. The van der Waals surface area contributed by atoms with Gasteiger partial charge in [0.05, 0.1) is 13.5 Å². The van der Waals surface area contributed by atoms with Crippen LogP contribution in [-0.2, 0) is 17.8 Å². The van der Waals surface area contributed by atoms with Crippen LogP contribution in [0.4, 0.5) is 0 Å². The van der Waals surface area contributed by atoms with Gasteiger partial charge in [0.1, 0.15) is 5.75 Å². The number of hydrogen-bond donors (Lipinski definition) is 1. The fourth-order valence-corrected chi connectivity index (χ4v) is 3.75. The molecule has 0 atom stereocenters. The first-order valence-electron chi connectivity index (χ1n) is 10.0. The third-order valence-electron chi connectivity index (χ3n) is 5.25. The third kappa shape index (κ3) is 5.26. The average molecular weight is 359 g/mol. The van der Waals surface area contributed by atoms with Crippen LogP contribution >= 0.6 is 0 Å². The number of methoxy groups -OCH3 is 1. The molecule has 0 fully saturated rings. The van der Waals surface area contributed by atoms with Crippen molar-refractivity contribution in [1.82, 2.24) is 4.57 Å². The zero-order chi connectivity index (χ0) is 18.9. The number of aromatic nitrogens is 1. The quantitative estimate of drug-likeness (QED) is 0.535. The summed E-state index contributed by atoms with van der Waals surface area (Å²) in [5.74, 6) is 0.523. The van der Waals surface area contributed by atoms with Crippen molar-refractivity contribution >= 4 is 16.8 Å². The maximum atomic E-state index is 11.5. The van der Waals surface area contributed by atoms with Crippen molar-refractivity contribution in [3.8, 4) is 5.75 Å². The molecule has 2 N–H and O–H groups in total. The minimum absolute atomic E-state index is 0.278. The standard InChI is InChI=1S/C22H34N2O2/c1-4-5-6-7-8-9-10-11-14-24-17(2)19(16-22(23)25)20-15-18(26-3)12-13-21(20)24/h12-13,15H,4-11,14,16H2,1-3H3,(H2,23,25). The number of aryl methyl sites for hydroxylation is 1. The molecule has 4 heteroatoms. The molecule has 2 aromatic rings. The number of rotatable bonds is 12. The molecular weight excluding hydrogens is 324 g/mol. The number of ether oxygens (including phenoxy) is 1. The van der Waals surface area contributed by atoms with E-state index in [9.17, 15) is 4.79 Å². The molecule has 1 aromatic heterocycles. The molecule has 26 heavy (non-hydrogen) atoms. The summed E-state index contributed by atoms with van der Waals surface area (Å²) in [7, 11) is 1.67. The van der Waals surface area contributed by atoms with Gasteiger partial charge in [-0.25, -0.2) is 0 Å². The first-order chi connectivity index (χ1) is 12.6. The van der Waals surface area contributed by atoms with Gasteiger partial charge < -0.3 is 15.0 Å². The van der Waals surface area contributed by atoms with E-state index >= 15 is 0 Å². The van der Waals surface area contributed by atoms with E-state index in [2.05, 4.69) is 24.5 Å². The van der Waals surface area contributed by atoms with Crippen LogP contribution in [0.15, 0.2) is 18.2 Å².